The number of para-hydroxylation sites is 1. The van der Waals surface area contributed by atoms with E-state index in [2.05, 4.69) is 61.7 Å². The van der Waals surface area contributed by atoms with Gasteiger partial charge >= 0.3 is 0 Å². The van der Waals surface area contributed by atoms with E-state index >= 15 is 0 Å². The number of benzene rings is 1. The van der Waals surface area contributed by atoms with Gasteiger partial charge in [0.25, 0.3) is 0 Å². The second-order valence-electron chi connectivity index (χ2n) is 4.54. The molecule has 0 spiro atoms. The number of carbonyl (C=O) groups excluding carboxylic acids is 1. The molecular formula is C15H16BrIN2OS. The van der Waals surface area contributed by atoms with Gasteiger partial charge in [0.05, 0.1) is 16.0 Å². The molecule has 0 atom stereocenters. The van der Waals surface area contributed by atoms with Crippen LogP contribution < -0.4 is 5.32 Å². The highest BCUT2D eigenvalue weighted by atomic mass is 127. The maximum absolute atomic E-state index is 12.2. The quantitative estimate of drug-likeness (QED) is 0.616. The molecule has 0 bridgehead atoms. The predicted molar refractivity (Wildman–Crippen MR) is 101 cm³/mol. The largest absolute Gasteiger partial charge is 0.324 e. The van der Waals surface area contributed by atoms with Crippen molar-refractivity contribution in [1.82, 2.24) is 4.90 Å². The van der Waals surface area contributed by atoms with Crippen molar-refractivity contribution in [3.63, 3.8) is 0 Å². The van der Waals surface area contributed by atoms with E-state index in [9.17, 15) is 4.79 Å². The number of likely N-dealkylation sites (N-methyl/N-ethyl adjacent to an activating group) is 1. The van der Waals surface area contributed by atoms with E-state index in [-0.39, 0.29) is 5.91 Å². The minimum absolute atomic E-state index is 0.0246. The van der Waals surface area contributed by atoms with Gasteiger partial charge in [-0.2, -0.15) is 0 Å². The summed E-state index contributed by atoms with van der Waals surface area (Å²) in [5.41, 5.74) is 0.873. The van der Waals surface area contributed by atoms with Crippen molar-refractivity contribution >= 4 is 61.5 Å². The minimum atomic E-state index is 0.0246. The summed E-state index contributed by atoms with van der Waals surface area (Å²) in [4.78, 5) is 15.6. The Morgan fingerprint density at radius 1 is 1.33 bits per heavy atom. The molecule has 0 saturated carbocycles. The van der Waals surface area contributed by atoms with E-state index in [1.807, 2.05) is 30.3 Å². The van der Waals surface area contributed by atoms with Crippen LogP contribution in [0, 0.1) is 3.57 Å². The molecular weight excluding hydrogens is 463 g/mol. The summed E-state index contributed by atoms with van der Waals surface area (Å²) in [5.74, 6) is 0.0246. The Morgan fingerprint density at radius 2 is 2.10 bits per heavy atom. The number of nitrogens with zero attached hydrogens (tertiary/aromatic N) is 1. The number of anilines is 1. The summed E-state index contributed by atoms with van der Waals surface area (Å²) in [6, 6.07) is 11.9. The number of amides is 1. The van der Waals surface area contributed by atoms with E-state index in [0.29, 0.717) is 6.54 Å². The van der Waals surface area contributed by atoms with Crippen LogP contribution in [0.4, 0.5) is 5.69 Å². The Balaban J connectivity index is 1.92. The number of halogens is 2. The second-order valence-corrected chi connectivity index (χ2v) is 8.25. The van der Waals surface area contributed by atoms with Gasteiger partial charge in [-0.3, -0.25) is 9.69 Å². The van der Waals surface area contributed by atoms with Gasteiger partial charge in [0, 0.05) is 15.0 Å². The summed E-state index contributed by atoms with van der Waals surface area (Å²) in [6.45, 7) is 4.11. The highest BCUT2D eigenvalue weighted by Gasteiger charge is 2.12. The van der Waals surface area contributed by atoms with Crippen LogP contribution in [-0.4, -0.2) is 23.9 Å². The molecule has 0 fully saturated rings. The molecule has 0 radical (unpaired) electrons. The standard InChI is InChI=1S/C15H16BrIN2OS/c1-2-19(9-11-7-8-14(16)21-11)10-15(20)18-13-6-4-3-5-12(13)17/h3-8H,2,9-10H2,1H3,(H,18,20). The first-order valence-electron chi connectivity index (χ1n) is 6.59. The molecule has 0 aliphatic rings. The predicted octanol–water partition coefficient (Wildman–Crippen LogP) is 4.58. The molecule has 1 amide bonds. The molecule has 0 aliphatic heterocycles. The van der Waals surface area contributed by atoms with Gasteiger partial charge in [0.2, 0.25) is 5.91 Å². The normalized spacial score (nSPS) is 10.9. The van der Waals surface area contributed by atoms with Gasteiger partial charge in [-0.05, 0) is 69.3 Å². The van der Waals surface area contributed by atoms with Crippen LogP contribution in [0.5, 0.6) is 0 Å². The van der Waals surface area contributed by atoms with Crippen LogP contribution in [0.3, 0.4) is 0 Å². The van der Waals surface area contributed by atoms with Gasteiger partial charge in [-0.25, -0.2) is 0 Å². The van der Waals surface area contributed by atoms with Crippen molar-refractivity contribution in [2.45, 2.75) is 13.5 Å². The molecule has 0 saturated heterocycles. The van der Waals surface area contributed by atoms with Crippen LogP contribution in [0.1, 0.15) is 11.8 Å². The molecule has 112 valence electrons. The Bertz CT molecular complexity index is 617. The average molecular weight is 479 g/mol. The second kappa shape index (κ2) is 8.26. The molecule has 6 heteroatoms. The SMILES string of the molecule is CCN(CC(=O)Nc1ccccc1I)Cc1ccc(Br)s1. The molecule has 1 heterocycles. The van der Waals surface area contributed by atoms with E-state index in [4.69, 9.17) is 0 Å². The molecule has 0 unspecified atom stereocenters. The summed E-state index contributed by atoms with van der Waals surface area (Å²) < 4.78 is 2.17. The zero-order chi connectivity index (χ0) is 15.2. The van der Waals surface area contributed by atoms with Gasteiger partial charge < -0.3 is 5.32 Å². The van der Waals surface area contributed by atoms with Crippen LogP contribution in [0.15, 0.2) is 40.2 Å². The number of thiophene rings is 1. The van der Waals surface area contributed by atoms with Crippen molar-refractivity contribution < 1.29 is 4.79 Å². The Labute approximate surface area is 151 Å². The Morgan fingerprint density at radius 3 is 2.71 bits per heavy atom. The minimum Gasteiger partial charge on any atom is -0.324 e. The topological polar surface area (TPSA) is 32.3 Å². The summed E-state index contributed by atoms with van der Waals surface area (Å²) in [7, 11) is 0. The fraction of sp³-hybridized carbons (Fsp3) is 0.267. The smallest absolute Gasteiger partial charge is 0.238 e. The molecule has 3 nitrogen and oxygen atoms in total. The van der Waals surface area contributed by atoms with Crippen LogP contribution in [0.2, 0.25) is 0 Å². The van der Waals surface area contributed by atoms with E-state index < -0.39 is 0 Å². The van der Waals surface area contributed by atoms with Gasteiger partial charge in [-0.1, -0.05) is 19.1 Å². The number of rotatable bonds is 6. The van der Waals surface area contributed by atoms with E-state index in [1.165, 1.54) is 4.88 Å². The van der Waals surface area contributed by atoms with E-state index in [0.717, 1.165) is 26.1 Å². The van der Waals surface area contributed by atoms with Gasteiger partial charge in [0.1, 0.15) is 0 Å². The highest BCUT2D eigenvalue weighted by Crippen LogP contribution is 2.23. The Hall–Kier alpha value is -0.440. The number of hydrogen-bond acceptors (Lipinski definition) is 3. The van der Waals surface area contributed by atoms with Gasteiger partial charge in [-0.15, -0.1) is 11.3 Å². The lowest BCUT2D eigenvalue weighted by Gasteiger charge is -2.19. The molecule has 1 aromatic carbocycles. The van der Waals surface area contributed by atoms with Crippen molar-refractivity contribution in [3.05, 3.63) is 48.6 Å². The number of nitrogens with one attached hydrogen (secondary N) is 1. The van der Waals surface area contributed by atoms with Crippen molar-refractivity contribution in [1.29, 1.82) is 0 Å². The molecule has 2 rings (SSSR count). The molecule has 0 aliphatic carbocycles. The first kappa shape index (κ1) is 16.9. The third-order valence-corrected chi connectivity index (χ3v) is 5.52. The maximum atomic E-state index is 12.2. The summed E-state index contributed by atoms with van der Waals surface area (Å²) in [6.07, 6.45) is 0. The molecule has 1 aromatic heterocycles. The fourth-order valence-corrected chi connectivity index (χ4v) is 3.94. The Kier molecular flexibility index (Phi) is 6.66. The van der Waals surface area contributed by atoms with Crippen LogP contribution >= 0.6 is 49.9 Å². The van der Waals surface area contributed by atoms with Crippen molar-refractivity contribution in [3.8, 4) is 0 Å². The molecule has 21 heavy (non-hydrogen) atoms. The first-order valence-corrected chi connectivity index (χ1v) is 9.28. The summed E-state index contributed by atoms with van der Waals surface area (Å²) >= 11 is 7.40. The lowest BCUT2D eigenvalue weighted by Crippen LogP contribution is -2.32. The van der Waals surface area contributed by atoms with Crippen LogP contribution in [-0.2, 0) is 11.3 Å². The zero-order valence-corrected chi connectivity index (χ0v) is 16.2. The third kappa shape index (κ3) is 5.36. The van der Waals surface area contributed by atoms with Crippen LogP contribution in [0.25, 0.3) is 0 Å². The molecule has 2 aromatic rings. The van der Waals surface area contributed by atoms with Gasteiger partial charge in [0.15, 0.2) is 0 Å². The molecule has 1 N–H and O–H groups in total. The fourth-order valence-electron chi connectivity index (χ4n) is 1.89. The average Bonchev–Trinajstić information content (AvgIpc) is 2.86. The lowest BCUT2D eigenvalue weighted by atomic mass is 10.3. The highest BCUT2D eigenvalue weighted by molar-refractivity contribution is 14.1. The summed E-state index contributed by atoms with van der Waals surface area (Å²) in [5, 5.41) is 2.97. The monoisotopic (exact) mass is 478 g/mol. The number of carbonyl (C=O) groups is 1. The first-order chi connectivity index (χ1) is 10.1. The maximum Gasteiger partial charge on any atom is 0.238 e. The van der Waals surface area contributed by atoms with Crippen molar-refractivity contribution in [2.75, 3.05) is 18.4 Å². The third-order valence-electron chi connectivity index (χ3n) is 2.97. The number of hydrogen-bond donors (Lipinski definition) is 1. The zero-order valence-electron chi connectivity index (χ0n) is 11.6. The lowest BCUT2D eigenvalue weighted by molar-refractivity contribution is -0.117. The van der Waals surface area contributed by atoms with Crippen molar-refractivity contribution in [2.24, 2.45) is 0 Å². The van der Waals surface area contributed by atoms with E-state index in [1.54, 1.807) is 11.3 Å².